The average molecular weight is 234 g/mol. The average Bonchev–Trinajstić information content (AvgIpc) is 2.38. The maximum Gasteiger partial charge on any atom is 0.240 e. The highest BCUT2D eigenvalue weighted by Crippen LogP contribution is 2.26. The summed E-state index contributed by atoms with van der Waals surface area (Å²) >= 11 is 0. The Labute approximate surface area is 101 Å². The van der Waals surface area contributed by atoms with Crippen LogP contribution in [0.3, 0.4) is 0 Å². The van der Waals surface area contributed by atoms with E-state index in [2.05, 4.69) is 4.98 Å². The van der Waals surface area contributed by atoms with Gasteiger partial charge in [-0.25, -0.2) is 0 Å². The Morgan fingerprint density at radius 2 is 2.35 bits per heavy atom. The number of aromatic nitrogens is 1. The number of carbonyl (C=O) groups excluding carboxylic acids is 1. The number of rotatable bonds is 3. The van der Waals surface area contributed by atoms with Crippen molar-refractivity contribution in [1.29, 1.82) is 0 Å². The molecule has 1 aliphatic heterocycles. The van der Waals surface area contributed by atoms with E-state index in [0.717, 1.165) is 37.1 Å². The Kier molecular flexibility index (Phi) is 3.58. The first-order valence-corrected chi connectivity index (χ1v) is 5.93. The molecule has 4 N–H and O–H groups in total. The Morgan fingerprint density at radius 3 is 3.06 bits per heavy atom. The van der Waals surface area contributed by atoms with Crippen LogP contribution in [0.1, 0.15) is 24.8 Å². The SMILES string of the molecule is NCc1ccncc1N1CCCCC1C(N)=O. The third-order valence-corrected chi connectivity index (χ3v) is 3.25. The van der Waals surface area contributed by atoms with Crippen molar-refractivity contribution in [3.8, 4) is 0 Å². The zero-order valence-electron chi connectivity index (χ0n) is 9.80. The molecule has 0 spiro atoms. The topological polar surface area (TPSA) is 85.2 Å². The summed E-state index contributed by atoms with van der Waals surface area (Å²) in [6, 6.07) is 1.67. The normalized spacial score (nSPS) is 20.3. The van der Waals surface area contributed by atoms with Gasteiger partial charge in [0.1, 0.15) is 6.04 Å². The van der Waals surface area contributed by atoms with Crippen LogP contribution >= 0.6 is 0 Å². The van der Waals surface area contributed by atoms with Crippen LogP contribution < -0.4 is 16.4 Å². The quantitative estimate of drug-likeness (QED) is 0.792. The summed E-state index contributed by atoms with van der Waals surface area (Å²) in [6.45, 7) is 1.28. The third kappa shape index (κ3) is 2.39. The van der Waals surface area contributed by atoms with Gasteiger partial charge in [-0.15, -0.1) is 0 Å². The van der Waals surface area contributed by atoms with Crippen molar-refractivity contribution >= 4 is 11.6 Å². The molecule has 1 fully saturated rings. The number of nitrogens with two attached hydrogens (primary N) is 2. The number of amides is 1. The maximum absolute atomic E-state index is 11.5. The highest BCUT2D eigenvalue weighted by molar-refractivity contribution is 5.84. The van der Waals surface area contributed by atoms with Crippen LogP contribution in [0.4, 0.5) is 5.69 Å². The largest absolute Gasteiger partial charge is 0.368 e. The van der Waals surface area contributed by atoms with E-state index in [1.54, 1.807) is 12.4 Å². The number of hydrogen-bond donors (Lipinski definition) is 2. The minimum absolute atomic E-state index is 0.224. The standard InChI is InChI=1S/C12H18N4O/c13-7-9-4-5-15-8-11(9)16-6-2-1-3-10(16)12(14)17/h4-5,8,10H,1-3,6-7,13H2,(H2,14,17). The van der Waals surface area contributed by atoms with Crippen LogP contribution in [-0.2, 0) is 11.3 Å². The van der Waals surface area contributed by atoms with Gasteiger partial charge in [-0.2, -0.15) is 0 Å². The van der Waals surface area contributed by atoms with E-state index in [-0.39, 0.29) is 11.9 Å². The molecule has 17 heavy (non-hydrogen) atoms. The van der Waals surface area contributed by atoms with Gasteiger partial charge >= 0.3 is 0 Å². The molecule has 1 saturated heterocycles. The Balaban J connectivity index is 2.32. The second kappa shape index (κ2) is 5.14. The maximum atomic E-state index is 11.5. The van der Waals surface area contributed by atoms with Crippen molar-refractivity contribution in [2.75, 3.05) is 11.4 Å². The fourth-order valence-electron chi connectivity index (χ4n) is 2.36. The van der Waals surface area contributed by atoms with E-state index in [0.29, 0.717) is 6.54 Å². The molecule has 5 heteroatoms. The number of nitrogens with zero attached hydrogens (tertiary/aromatic N) is 2. The Hall–Kier alpha value is -1.62. The van der Waals surface area contributed by atoms with E-state index in [1.807, 2.05) is 11.0 Å². The van der Waals surface area contributed by atoms with Crippen LogP contribution in [-0.4, -0.2) is 23.5 Å². The second-order valence-corrected chi connectivity index (χ2v) is 4.32. The van der Waals surface area contributed by atoms with Crippen molar-refractivity contribution in [1.82, 2.24) is 4.98 Å². The summed E-state index contributed by atoms with van der Waals surface area (Å²) in [5, 5.41) is 0. The van der Waals surface area contributed by atoms with Gasteiger partial charge in [0.05, 0.1) is 11.9 Å². The molecule has 1 unspecified atom stereocenters. The van der Waals surface area contributed by atoms with Crippen LogP contribution in [0.5, 0.6) is 0 Å². The molecular weight excluding hydrogens is 216 g/mol. The van der Waals surface area contributed by atoms with E-state index in [1.165, 1.54) is 0 Å². The molecule has 0 bridgehead atoms. The lowest BCUT2D eigenvalue weighted by Crippen LogP contribution is -2.48. The minimum Gasteiger partial charge on any atom is -0.368 e. The smallest absolute Gasteiger partial charge is 0.240 e. The molecule has 2 heterocycles. The lowest BCUT2D eigenvalue weighted by molar-refractivity contribution is -0.119. The molecular formula is C12H18N4O. The zero-order chi connectivity index (χ0) is 12.3. The second-order valence-electron chi connectivity index (χ2n) is 4.32. The molecule has 1 aromatic rings. The third-order valence-electron chi connectivity index (χ3n) is 3.25. The molecule has 1 amide bonds. The number of anilines is 1. The number of hydrogen-bond acceptors (Lipinski definition) is 4. The van der Waals surface area contributed by atoms with Gasteiger partial charge < -0.3 is 16.4 Å². The summed E-state index contributed by atoms with van der Waals surface area (Å²) in [6.07, 6.45) is 6.41. The van der Waals surface area contributed by atoms with Crippen LogP contribution in [0.25, 0.3) is 0 Å². The lowest BCUT2D eigenvalue weighted by Gasteiger charge is -2.36. The molecule has 0 aromatic carbocycles. The molecule has 2 rings (SSSR count). The minimum atomic E-state index is -0.267. The summed E-state index contributed by atoms with van der Waals surface area (Å²) in [5.41, 5.74) is 13.1. The molecule has 0 aliphatic carbocycles. The molecule has 5 nitrogen and oxygen atoms in total. The summed E-state index contributed by atoms with van der Waals surface area (Å²) in [4.78, 5) is 17.6. The number of primary amides is 1. The first-order valence-electron chi connectivity index (χ1n) is 5.93. The fraction of sp³-hybridized carbons (Fsp3) is 0.500. The van der Waals surface area contributed by atoms with Crippen molar-refractivity contribution in [3.63, 3.8) is 0 Å². The summed E-state index contributed by atoms with van der Waals surface area (Å²) in [7, 11) is 0. The Bertz CT molecular complexity index is 407. The number of piperidine rings is 1. The van der Waals surface area contributed by atoms with Crippen molar-refractivity contribution in [3.05, 3.63) is 24.0 Å². The van der Waals surface area contributed by atoms with Crippen LogP contribution in [0.15, 0.2) is 18.5 Å². The van der Waals surface area contributed by atoms with Gasteiger partial charge in [0.25, 0.3) is 0 Å². The van der Waals surface area contributed by atoms with Gasteiger partial charge in [0.15, 0.2) is 0 Å². The van der Waals surface area contributed by atoms with E-state index in [4.69, 9.17) is 11.5 Å². The van der Waals surface area contributed by atoms with Crippen LogP contribution in [0.2, 0.25) is 0 Å². The fourth-order valence-corrected chi connectivity index (χ4v) is 2.36. The van der Waals surface area contributed by atoms with Crippen LogP contribution in [0, 0.1) is 0 Å². The van der Waals surface area contributed by atoms with Crippen molar-refractivity contribution in [2.24, 2.45) is 11.5 Å². The lowest BCUT2D eigenvalue weighted by atomic mass is 10.00. The van der Waals surface area contributed by atoms with Gasteiger partial charge in [0.2, 0.25) is 5.91 Å². The van der Waals surface area contributed by atoms with Gasteiger partial charge in [-0.05, 0) is 30.9 Å². The Morgan fingerprint density at radius 1 is 1.53 bits per heavy atom. The molecule has 1 aromatic heterocycles. The van der Waals surface area contributed by atoms with Gasteiger partial charge in [0, 0.05) is 19.3 Å². The predicted octanol–water partition coefficient (Wildman–Crippen LogP) is 0.385. The highest BCUT2D eigenvalue weighted by atomic mass is 16.1. The molecule has 1 atom stereocenters. The van der Waals surface area contributed by atoms with Crippen molar-refractivity contribution in [2.45, 2.75) is 31.8 Å². The first-order chi connectivity index (χ1) is 8.24. The molecule has 0 radical (unpaired) electrons. The van der Waals surface area contributed by atoms with E-state index >= 15 is 0 Å². The molecule has 92 valence electrons. The number of pyridine rings is 1. The van der Waals surface area contributed by atoms with E-state index in [9.17, 15) is 4.79 Å². The van der Waals surface area contributed by atoms with Gasteiger partial charge in [-0.3, -0.25) is 9.78 Å². The highest BCUT2D eigenvalue weighted by Gasteiger charge is 2.28. The molecule has 0 saturated carbocycles. The summed E-state index contributed by atoms with van der Waals surface area (Å²) in [5.74, 6) is -0.267. The monoisotopic (exact) mass is 234 g/mol. The zero-order valence-corrected chi connectivity index (χ0v) is 9.80. The van der Waals surface area contributed by atoms with Gasteiger partial charge in [-0.1, -0.05) is 0 Å². The molecule has 1 aliphatic rings. The van der Waals surface area contributed by atoms with Crippen molar-refractivity contribution < 1.29 is 4.79 Å². The number of carbonyl (C=O) groups is 1. The predicted molar refractivity (Wildman–Crippen MR) is 66.3 cm³/mol. The summed E-state index contributed by atoms with van der Waals surface area (Å²) < 4.78 is 0. The van der Waals surface area contributed by atoms with E-state index < -0.39 is 0 Å². The first kappa shape index (κ1) is 11.9.